The number of anilines is 2. The van der Waals surface area contributed by atoms with Gasteiger partial charge in [0.2, 0.25) is 17.5 Å². The van der Waals surface area contributed by atoms with Gasteiger partial charge < -0.3 is 74.0 Å². The number of alkyl carbamates (subject to hydrolysis) is 1. The monoisotopic (exact) mass is 1610 g/mol. The van der Waals surface area contributed by atoms with Crippen LogP contribution in [0.15, 0.2) is 89.4 Å². The summed E-state index contributed by atoms with van der Waals surface area (Å²) in [5.74, 6) is 5.55. The summed E-state index contributed by atoms with van der Waals surface area (Å²) in [4.78, 5) is 97.6. The standard InChI is InChI=1S/C71H102N7O21P3S4/c1-10-77-55-26-19-18-25-53(55)70(6,7)60(77)27-14-12-15-28-61-71(8,9)54-44-50(3)31-32-56(54)78(61)36-21-13-16-29-62(79)73-34-40-90-42-43-91-41-35-74-68(82)94-39-33-69(4,5)105-104-48-92-37-22-23-38-93-63(80)30-20-17-24-51-45-52(65-64(51)66(81)76-67(72)75-65)57-46-58(95-49-106(103)11-2)59(97-57)47-96-101(86,87)99-102(88,89)98-100(83,84)85/h12,14-15,18-19,25-28,31-32,44-45,52,57-59H,10-11,13,16,20-23,29-30,33-43,46-49H2,1-9H3,(H8-,72,73,74,75,76,79,81,82,83,84,85,86,87,88,89)/p+1/t52?,57-,58+,59-,106?/m1/s1. The summed E-state index contributed by atoms with van der Waals surface area (Å²) in [5.41, 5.74) is 14.7. The van der Waals surface area contributed by atoms with E-state index in [-0.39, 0.29) is 95.8 Å². The highest BCUT2D eigenvalue weighted by atomic mass is 33.1. The molecule has 1 aliphatic carbocycles. The third-order valence-corrected chi connectivity index (χ3v) is 26.6. The number of rotatable bonds is 45. The fourth-order valence-corrected chi connectivity index (χ4v) is 18.4. The molecule has 0 radical (unpaired) electrons. The maximum atomic E-state index is 13.2. The highest BCUT2D eigenvalue weighted by Crippen LogP contribution is 2.66. The number of phosphoric ester groups is 1. The van der Waals surface area contributed by atoms with Gasteiger partial charge >= 0.3 is 35.5 Å². The molecule has 1 saturated heterocycles. The Morgan fingerprint density at radius 2 is 1.61 bits per heavy atom. The van der Waals surface area contributed by atoms with Gasteiger partial charge in [-0.15, -0.1) is 0 Å². The number of fused-ring (bicyclic) bond motifs is 3. The SMILES string of the molecule is CCN1\C(=C/C=C/C=C/C2=[N+](CCCCCC(=O)NCCOCCOCCNC(=O)OCCC(C)(C)SSCOCCCCOC(=O)CCC#CC3=CC([C@H]4C[C@H](OCS(=S)CC)[C@@H](COP(=O)(O)OP(=O)(O)OP(=O)(O)O)O4)c4nc(N)[nH]c(=O)c43)c3ccc(C)cc3C2(C)C)C(C)(C)c2ccccc21. The number of H-pyrrole nitrogens is 1. The minimum atomic E-state index is -5.79. The Morgan fingerprint density at radius 1 is 0.877 bits per heavy atom. The van der Waals surface area contributed by atoms with E-state index in [1.807, 2.05) is 6.92 Å². The summed E-state index contributed by atoms with van der Waals surface area (Å²) in [5, 5.41) is 5.66. The molecular formula is C71H103N7O21P3S4+. The number of aromatic nitrogens is 2. The number of ether oxygens (including phenoxy) is 7. The van der Waals surface area contributed by atoms with Crippen LogP contribution in [0.1, 0.15) is 153 Å². The van der Waals surface area contributed by atoms with E-state index < -0.39 is 81.4 Å². The predicted molar refractivity (Wildman–Crippen MR) is 415 cm³/mol. The highest BCUT2D eigenvalue weighted by Gasteiger charge is 2.48. The van der Waals surface area contributed by atoms with Gasteiger partial charge in [0, 0.05) is 103 Å². The Bertz CT molecular complexity index is 3980. The number of nitrogen functional groups attached to an aromatic ring is 1. The van der Waals surface area contributed by atoms with Gasteiger partial charge in [0.25, 0.3) is 5.56 Å². The van der Waals surface area contributed by atoms with Crippen LogP contribution in [-0.4, -0.2) is 178 Å². The molecule has 28 nitrogen and oxygen atoms in total. The van der Waals surface area contributed by atoms with Gasteiger partial charge in [-0.25, -0.2) is 23.5 Å². The average molecular weight is 1610 g/mol. The summed E-state index contributed by atoms with van der Waals surface area (Å²) in [7, 11) is -14.4. The lowest BCUT2D eigenvalue weighted by Gasteiger charge is -2.25. The van der Waals surface area contributed by atoms with Gasteiger partial charge in [-0.05, 0) is 114 Å². The highest BCUT2D eigenvalue weighted by molar-refractivity contribution is 8.77. The van der Waals surface area contributed by atoms with E-state index >= 15 is 0 Å². The van der Waals surface area contributed by atoms with Crippen LogP contribution in [0.4, 0.5) is 22.1 Å². The molecule has 35 heteroatoms. The Hall–Kier alpha value is -5.20. The smallest absolute Gasteiger partial charge is 0.466 e. The summed E-state index contributed by atoms with van der Waals surface area (Å²) in [6.07, 6.45) is 14.4. The summed E-state index contributed by atoms with van der Waals surface area (Å²) in [6.45, 7) is 23.4. The van der Waals surface area contributed by atoms with Crippen molar-refractivity contribution >= 4 is 112 Å². The van der Waals surface area contributed by atoms with Crippen LogP contribution >= 0.6 is 45.1 Å². The number of benzene rings is 2. The molecule has 2 amide bonds. The third-order valence-electron chi connectivity index (χ3n) is 17.7. The maximum absolute atomic E-state index is 13.2. The van der Waals surface area contributed by atoms with Gasteiger partial charge in [0.1, 0.15) is 18.6 Å². The van der Waals surface area contributed by atoms with E-state index in [2.05, 4.69) is 179 Å². The molecule has 586 valence electrons. The lowest BCUT2D eigenvalue weighted by atomic mass is 9.81. The van der Waals surface area contributed by atoms with Gasteiger partial charge in [-0.1, -0.05) is 118 Å². The number of allylic oxidation sites excluding steroid dienone is 7. The molecule has 4 unspecified atom stereocenters. The molecule has 7 atom stereocenters. The van der Waals surface area contributed by atoms with Crippen LogP contribution in [-0.2, 0) is 101 Å². The van der Waals surface area contributed by atoms with Crippen LogP contribution < -0.4 is 26.8 Å². The first-order chi connectivity index (χ1) is 50.2. The first-order valence-corrected chi connectivity index (χ1v) is 44.6. The van der Waals surface area contributed by atoms with Gasteiger partial charge in [-0.2, -0.15) is 13.2 Å². The molecule has 7 rings (SSSR count). The molecule has 3 aliphatic heterocycles. The summed E-state index contributed by atoms with van der Waals surface area (Å²) >= 11 is 5.40. The topological polar surface area (TPSA) is 378 Å². The number of nitrogens with zero attached hydrogens (tertiary/aromatic N) is 3. The molecule has 9 N–H and O–H groups in total. The Morgan fingerprint density at radius 3 is 2.35 bits per heavy atom. The Balaban J connectivity index is 0.681. The molecule has 1 fully saturated rings. The van der Waals surface area contributed by atoms with E-state index in [1.165, 1.54) is 39.5 Å². The molecule has 106 heavy (non-hydrogen) atoms. The zero-order valence-corrected chi connectivity index (χ0v) is 67.6. The summed E-state index contributed by atoms with van der Waals surface area (Å²) in [6, 6.07) is 15.4. The number of likely N-dealkylation sites (N-methyl/N-ethyl adjacent to an activating group) is 1. The maximum Gasteiger partial charge on any atom is 0.490 e. The number of carbonyl (C=O) groups is 3. The molecule has 0 bridgehead atoms. The Kier molecular flexibility index (Phi) is 34.6. The number of esters is 1. The van der Waals surface area contributed by atoms with Crippen molar-refractivity contribution in [3.8, 4) is 11.8 Å². The molecule has 2 aromatic carbocycles. The number of hydrogen-bond donors (Lipinski definition) is 8. The van der Waals surface area contributed by atoms with Crippen molar-refractivity contribution in [1.29, 1.82) is 0 Å². The number of phosphoric acid groups is 3. The number of nitrogens with two attached hydrogens (primary N) is 1. The summed E-state index contributed by atoms with van der Waals surface area (Å²) < 4.78 is 90.3. The zero-order chi connectivity index (χ0) is 77.3. The molecule has 0 spiro atoms. The number of aryl methyl sites for hydroxylation is 1. The lowest BCUT2D eigenvalue weighted by Crippen LogP contribution is -2.30. The van der Waals surface area contributed by atoms with Crippen molar-refractivity contribution in [2.75, 3.05) is 107 Å². The third kappa shape index (κ3) is 27.4. The number of unbranched alkanes of at least 4 members (excludes halogenated alkanes) is 3. The fraction of sp³-hybridized carbons (Fsp3) is 0.577. The van der Waals surface area contributed by atoms with E-state index in [0.29, 0.717) is 70.3 Å². The molecule has 4 heterocycles. The van der Waals surface area contributed by atoms with E-state index in [9.17, 15) is 42.7 Å². The van der Waals surface area contributed by atoms with Crippen LogP contribution in [0.5, 0.6) is 0 Å². The van der Waals surface area contributed by atoms with Crippen molar-refractivity contribution in [3.05, 3.63) is 123 Å². The molecule has 3 aromatic rings. The number of nitrogens with one attached hydrogen (secondary N) is 3. The minimum Gasteiger partial charge on any atom is -0.466 e. The molecular weight excluding hydrogens is 1510 g/mol. The second-order valence-corrected chi connectivity index (χ2v) is 37.5. The number of carbonyl (C=O) groups excluding carboxylic acids is 3. The van der Waals surface area contributed by atoms with E-state index in [4.69, 9.17) is 64.4 Å². The van der Waals surface area contributed by atoms with Crippen molar-refractivity contribution in [2.24, 2.45) is 0 Å². The first kappa shape index (κ1) is 88.0. The molecule has 4 aliphatic rings. The average Bonchev–Trinajstić information content (AvgIpc) is 1.61. The van der Waals surface area contributed by atoms with Gasteiger partial charge in [0.05, 0.1) is 87.5 Å². The van der Waals surface area contributed by atoms with Crippen molar-refractivity contribution in [1.82, 2.24) is 20.6 Å². The zero-order valence-electron chi connectivity index (χ0n) is 61.6. The van der Waals surface area contributed by atoms with Crippen LogP contribution in [0.3, 0.4) is 0 Å². The number of hydrogen-bond acceptors (Lipinski definition) is 23. The minimum absolute atomic E-state index is 0.00692. The predicted octanol–water partition coefficient (Wildman–Crippen LogP) is 11.0. The van der Waals surface area contributed by atoms with Crippen molar-refractivity contribution in [3.63, 3.8) is 0 Å². The Labute approximate surface area is 636 Å². The second kappa shape index (κ2) is 41.7. The lowest BCUT2D eigenvalue weighted by molar-refractivity contribution is -0.438. The van der Waals surface area contributed by atoms with Gasteiger partial charge in [0.15, 0.2) is 5.71 Å². The van der Waals surface area contributed by atoms with Crippen molar-refractivity contribution in [2.45, 2.75) is 166 Å². The number of amides is 2. The van der Waals surface area contributed by atoms with Crippen LogP contribution in [0, 0.1) is 18.8 Å². The largest absolute Gasteiger partial charge is 0.490 e. The number of aromatic amines is 1. The van der Waals surface area contributed by atoms with Crippen molar-refractivity contribution < 1.29 is 98.5 Å². The van der Waals surface area contributed by atoms with Crippen LogP contribution in [0.2, 0.25) is 0 Å². The molecule has 0 saturated carbocycles. The second-order valence-electron chi connectivity index (χ2n) is 27.0. The molecule has 1 aromatic heterocycles. The van der Waals surface area contributed by atoms with Crippen LogP contribution in [0.25, 0.3) is 5.57 Å². The van der Waals surface area contributed by atoms with E-state index in [0.717, 1.165) is 32.4 Å². The first-order valence-electron chi connectivity index (χ1n) is 35.3. The fourth-order valence-electron chi connectivity index (χ4n) is 12.4. The number of para-hydroxylation sites is 1. The van der Waals surface area contributed by atoms with Gasteiger partial charge in [-0.3, -0.25) is 23.9 Å². The quantitative estimate of drug-likeness (QED) is 0.00381. The van der Waals surface area contributed by atoms with E-state index in [1.54, 1.807) is 27.7 Å². The normalized spacial score (nSPS) is 19.9.